The van der Waals surface area contributed by atoms with Gasteiger partial charge in [0.15, 0.2) is 0 Å². The zero-order valence-electron chi connectivity index (χ0n) is 16.2. The van der Waals surface area contributed by atoms with E-state index in [1.807, 2.05) is 42.6 Å². The zero-order valence-corrected chi connectivity index (χ0v) is 16.2. The number of hydrogen-bond donors (Lipinski definition) is 3. The standard InChI is InChI=1S/C21H19N7O2/c1-28-19-17-13(11-23-14(17)7-8-22-19)10-15(21(28)30)24-20(29)18-25-16(26-27-18)9-12-5-3-2-4-6-12/h2-8,11,15,23H,9-10H2,1H3,(H,24,29)(H,25,26,27). The van der Waals surface area contributed by atoms with Crippen molar-refractivity contribution >= 4 is 28.5 Å². The molecule has 5 rings (SSSR count). The highest BCUT2D eigenvalue weighted by Crippen LogP contribution is 2.31. The Bertz CT molecular complexity index is 1240. The Kier molecular flexibility index (Phi) is 4.27. The summed E-state index contributed by atoms with van der Waals surface area (Å²) in [5.74, 6) is 0.436. The summed E-state index contributed by atoms with van der Waals surface area (Å²) in [5.41, 5.74) is 2.89. The van der Waals surface area contributed by atoms with Gasteiger partial charge in [-0.15, -0.1) is 5.10 Å². The quantitative estimate of drug-likeness (QED) is 0.480. The molecule has 0 saturated carbocycles. The zero-order chi connectivity index (χ0) is 20.7. The third-order valence-corrected chi connectivity index (χ3v) is 5.28. The van der Waals surface area contributed by atoms with Gasteiger partial charge in [0, 0.05) is 37.7 Å². The second kappa shape index (κ2) is 7.11. The molecule has 2 amide bonds. The first-order chi connectivity index (χ1) is 14.6. The van der Waals surface area contributed by atoms with Crippen LogP contribution in [-0.4, -0.2) is 50.1 Å². The van der Waals surface area contributed by atoms with Gasteiger partial charge in [0.2, 0.25) is 5.82 Å². The van der Waals surface area contributed by atoms with Crippen molar-refractivity contribution in [3.63, 3.8) is 0 Å². The fourth-order valence-corrected chi connectivity index (χ4v) is 3.79. The molecule has 1 aliphatic heterocycles. The van der Waals surface area contributed by atoms with E-state index < -0.39 is 11.9 Å². The highest BCUT2D eigenvalue weighted by atomic mass is 16.2. The van der Waals surface area contributed by atoms with Crippen LogP contribution in [0.25, 0.3) is 10.9 Å². The number of rotatable bonds is 4. The molecule has 9 heteroatoms. The number of aromatic nitrogens is 5. The van der Waals surface area contributed by atoms with E-state index in [0.29, 0.717) is 24.5 Å². The number of benzene rings is 1. The summed E-state index contributed by atoms with van der Waals surface area (Å²) in [5, 5.41) is 10.5. The number of amides is 2. The average molecular weight is 401 g/mol. The molecular formula is C21H19N7O2. The lowest BCUT2D eigenvalue weighted by Crippen LogP contribution is -2.48. The predicted molar refractivity (Wildman–Crippen MR) is 110 cm³/mol. The van der Waals surface area contributed by atoms with Crippen LogP contribution in [0.4, 0.5) is 5.82 Å². The Morgan fingerprint density at radius 3 is 2.93 bits per heavy atom. The third-order valence-electron chi connectivity index (χ3n) is 5.28. The van der Waals surface area contributed by atoms with Crippen LogP contribution in [0.5, 0.6) is 0 Å². The number of carbonyl (C=O) groups is 2. The van der Waals surface area contributed by atoms with Gasteiger partial charge in [-0.2, -0.15) is 0 Å². The van der Waals surface area contributed by atoms with E-state index in [-0.39, 0.29) is 11.7 Å². The second-order valence-electron chi connectivity index (χ2n) is 7.27. The van der Waals surface area contributed by atoms with Crippen LogP contribution in [-0.2, 0) is 17.6 Å². The van der Waals surface area contributed by atoms with Gasteiger partial charge in [0.1, 0.15) is 17.7 Å². The molecule has 0 bridgehead atoms. The molecule has 150 valence electrons. The molecule has 1 aliphatic rings. The largest absolute Gasteiger partial charge is 0.361 e. The number of anilines is 1. The molecule has 4 aromatic rings. The lowest BCUT2D eigenvalue weighted by Gasteiger charge is -2.21. The molecule has 1 aromatic carbocycles. The SMILES string of the molecule is CN1C(=O)C(NC(=O)c2n[nH]c(Cc3ccccc3)n2)Cc2c[nH]c3ccnc1c23. The number of pyridine rings is 1. The van der Waals surface area contributed by atoms with Crippen molar-refractivity contribution in [2.24, 2.45) is 0 Å². The number of likely N-dealkylation sites (N-methyl/N-ethyl adjacent to an activating group) is 1. The number of carbonyl (C=O) groups excluding carboxylic acids is 2. The Labute approximate surface area is 171 Å². The Morgan fingerprint density at radius 1 is 1.27 bits per heavy atom. The molecule has 1 unspecified atom stereocenters. The van der Waals surface area contributed by atoms with E-state index in [0.717, 1.165) is 22.0 Å². The van der Waals surface area contributed by atoms with Crippen LogP contribution in [0.15, 0.2) is 48.8 Å². The number of hydrogen-bond acceptors (Lipinski definition) is 5. The van der Waals surface area contributed by atoms with Crippen LogP contribution in [0.3, 0.4) is 0 Å². The molecule has 9 nitrogen and oxygen atoms in total. The van der Waals surface area contributed by atoms with Gasteiger partial charge in [0.25, 0.3) is 11.8 Å². The first-order valence-corrected chi connectivity index (χ1v) is 9.59. The summed E-state index contributed by atoms with van der Waals surface area (Å²) >= 11 is 0. The molecule has 0 saturated heterocycles. The van der Waals surface area contributed by atoms with Gasteiger partial charge in [0.05, 0.1) is 5.52 Å². The van der Waals surface area contributed by atoms with Crippen molar-refractivity contribution in [1.29, 1.82) is 0 Å². The van der Waals surface area contributed by atoms with Gasteiger partial charge in [-0.3, -0.25) is 19.6 Å². The highest BCUT2D eigenvalue weighted by Gasteiger charge is 2.32. The molecule has 1 atom stereocenters. The summed E-state index contributed by atoms with van der Waals surface area (Å²) in [6.07, 6.45) is 4.40. The number of nitrogens with zero attached hydrogens (tertiary/aromatic N) is 4. The predicted octanol–water partition coefficient (Wildman–Crippen LogP) is 1.59. The second-order valence-corrected chi connectivity index (χ2v) is 7.27. The number of aromatic amines is 2. The van der Waals surface area contributed by atoms with Crippen LogP contribution < -0.4 is 10.2 Å². The van der Waals surface area contributed by atoms with Crippen molar-refractivity contribution in [2.75, 3.05) is 11.9 Å². The van der Waals surface area contributed by atoms with Crippen molar-refractivity contribution in [1.82, 2.24) is 30.5 Å². The van der Waals surface area contributed by atoms with E-state index in [1.165, 1.54) is 4.90 Å². The fraction of sp³-hybridized carbons (Fsp3) is 0.190. The minimum atomic E-state index is -0.744. The summed E-state index contributed by atoms with van der Waals surface area (Å²) in [6, 6.07) is 10.9. The Hall–Kier alpha value is -4.01. The van der Waals surface area contributed by atoms with Crippen LogP contribution in [0.1, 0.15) is 27.6 Å². The molecular weight excluding hydrogens is 382 g/mol. The van der Waals surface area contributed by atoms with Gasteiger partial charge >= 0.3 is 0 Å². The van der Waals surface area contributed by atoms with Crippen molar-refractivity contribution in [3.05, 3.63) is 71.6 Å². The summed E-state index contributed by atoms with van der Waals surface area (Å²) in [7, 11) is 1.66. The topological polar surface area (TPSA) is 120 Å². The summed E-state index contributed by atoms with van der Waals surface area (Å²) in [4.78, 5) is 39.0. The van der Waals surface area contributed by atoms with E-state index in [2.05, 4.69) is 30.5 Å². The van der Waals surface area contributed by atoms with Crippen LogP contribution in [0, 0.1) is 0 Å². The molecule has 0 aliphatic carbocycles. The van der Waals surface area contributed by atoms with Gasteiger partial charge < -0.3 is 10.3 Å². The van der Waals surface area contributed by atoms with Gasteiger partial charge in [-0.1, -0.05) is 30.3 Å². The van der Waals surface area contributed by atoms with Crippen LogP contribution >= 0.6 is 0 Å². The fourth-order valence-electron chi connectivity index (χ4n) is 3.79. The average Bonchev–Trinajstić information content (AvgIpc) is 3.38. The normalized spacial score (nSPS) is 16.0. The van der Waals surface area contributed by atoms with E-state index >= 15 is 0 Å². The third kappa shape index (κ3) is 3.10. The minimum absolute atomic E-state index is 0.00971. The monoisotopic (exact) mass is 401 g/mol. The number of H-pyrrole nitrogens is 2. The smallest absolute Gasteiger partial charge is 0.291 e. The first kappa shape index (κ1) is 18.0. The van der Waals surface area contributed by atoms with Gasteiger partial charge in [-0.05, 0) is 17.2 Å². The minimum Gasteiger partial charge on any atom is -0.361 e. The van der Waals surface area contributed by atoms with Crippen molar-refractivity contribution in [3.8, 4) is 0 Å². The molecule has 0 fully saturated rings. The Morgan fingerprint density at radius 2 is 2.10 bits per heavy atom. The maximum absolute atomic E-state index is 13.0. The summed E-state index contributed by atoms with van der Waals surface area (Å²) < 4.78 is 0. The van der Waals surface area contributed by atoms with Crippen molar-refractivity contribution in [2.45, 2.75) is 18.9 Å². The van der Waals surface area contributed by atoms with E-state index in [1.54, 1.807) is 13.2 Å². The Balaban J connectivity index is 1.36. The van der Waals surface area contributed by atoms with E-state index in [4.69, 9.17) is 0 Å². The maximum Gasteiger partial charge on any atom is 0.291 e. The van der Waals surface area contributed by atoms with Gasteiger partial charge in [-0.25, -0.2) is 9.97 Å². The molecule has 3 N–H and O–H groups in total. The van der Waals surface area contributed by atoms with E-state index in [9.17, 15) is 9.59 Å². The molecule has 0 radical (unpaired) electrons. The molecule has 3 aromatic heterocycles. The summed E-state index contributed by atoms with van der Waals surface area (Å²) in [6.45, 7) is 0. The van der Waals surface area contributed by atoms with Crippen molar-refractivity contribution < 1.29 is 9.59 Å². The van der Waals surface area contributed by atoms with Crippen LogP contribution in [0.2, 0.25) is 0 Å². The first-order valence-electron chi connectivity index (χ1n) is 9.59. The molecule has 4 heterocycles. The maximum atomic E-state index is 13.0. The lowest BCUT2D eigenvalue weighted by atomic mass is 10.1. The molecule has 30 heavy (non-hydrogen) atoms. The number of nitrogens with one attached hydrogen (secondary N) is 3. The lowest BCUT2D eigenvalue weighted by molar-refractivity contribution is -0.120. The molecule has 0 spiro atoms. The highest BCUT2D eigenvalue weighted by molar-refractivity contribution is 6.08.